The molecule has 1 aromatic heterocycles. The lowest BCUT2D eigenvalue weighted by Gasteiger charge is -2.32. The number of rotatable bonds is 2. The van der Waals surface area contributed by atoms with Gasteiger partial charge >= 0.3 is 0 Å². The van der Waals surface area contributed by atoms with Crippen molar-refractivity contribution in [3.8, 4) is 0 Å². The Bertz CT molecular complexity index is 694. The van der Waals surface area contributed by atoms with Crippen LogP contribution in [0.25, 0.3) is 0 Å². The number of hydrogen-bond acceptors (Lipinski definition) is 3. The van der Waals surface area contributed by atoms with Crippen LogP contribution in [0.4, 0.5) is 0 Å². The Labute approximate surface area is 135 Å². The molecule has 0 unspecified atom stereocenters. The zero-order valence-electron chi connectivity index (χ0n) is 12.6. The molecule has 0 saturated heterocycles. The van der Waals surface area contributed by atoms with Gasteiger partial charge < -0.3 is 4.90 Å². The summed E-state index contributed by atoms with van der Waals surface area (Å²) in [5.41, 5.74) is 4.15. The maximum Gasteiger partial charge on any atom is 0.237 e. The van der Waals surface area contributed by atoms with E-state index in [-0.39, 0.29) is 5.91 Å². The van der Waals surface area contributed by atoms with Gasteiger partial charge in [-0.15, -0.1) is 11.3 Å². The Hall–Kier alpha value is -1.65. The van der Waals surface area contributed by atoms with E-state index in [1.807, 2.05) is 16.2 Å². The highest BCUT2D eigenvalue weighted by atomic mass is 32.1. The minimum atomic E-state index is 0.274. The van der Waals surface area contributed by atoms with Gasteiger partial charge in [-0.1, -0.05) is 24.3 Å². The summed E-state index contributed by atoms with van der Waals surface area (Å²) in [5, 5.41) is 2.14. The summed E-state index contributed by atoms with van der Waals surface area (Å²) in [7, 11) is 0. The summed E-state index contributed by atoms with van der Waals surface area (Å²) >= 11 is 1.82. The third-order valence-electron chi connectivity index (χ3n) is 4.73. The van der Waals surface area contributed by atoms with Crippen LogP contribution in [0, 0.1) is 0 Å². The number of carbonyl (C=O) groups excluding carboxylic acids is 1. The fourth-order valence-corrected chi connectivity index (χ4v) is 4.33. The van der Waals surface area contributed by atoms with Crippen molar-refractivity contribution in [1.82, 2.24) is 9.80 Å². The van der Waals surface area contributed by atoms with Crippen molar-refractivity contribution in [3.05, 3.63) is 57.3 Å². The Kier molecular flexibility index (Phi) is 3.72. The first kappa shape index (κ1) is 14.0. The molecule has 2 aliphatic rings. The summed E-state index contributed by atoms with van der Waals surface area (Å²) in [6, 6.07) is 10.7. The van der Waals surface area contributed by atoms with Crippen LogP contribution in [0.15, 0.2) is 35.7 Å². The summed E-state index contributed by atoms with van der Waals surface area (Å²) in [6.07, 6.45) is 2.07. The maximum atomic E-state index is 12.6. The number of carbonyl (C=O) groups is 1. The van der Waals surface area contributed by atoms with Crippen LogP contribution in [0.2, 0.25) is 0 Å². The van der Waals surface area contributed by atoms with Crippen LogP contribution >= 0.6 is 11.3 Å². The molecule has 0 radical (unpaired) electrons. The number of fused-ring (bicyclic) bond motifs is 2. The quantitative estimate of drug-likeness (QED) is 0.851. The normalized spacial score (nSPS) is 17.9. The molecule has 3 nitrogen and oxygen atoms in total. The number of hydrogen-bond donors (Lipinski definition) is 0. The van der Waals surface area contributed by atoms with E-state index >= 15 is 0 Å². The maximum absolute atomic E-state index is 12.6. The zero-order chi connectivity index (χ0) is 14.9. The van der Waals surface area contributed by atoms with Gasteiger partial charge in [0.15, 0.2) is 0 Å². The number of amides is 1. The highest BCUT2D eigenvalue weighted by molar-refractivity contribution is 7.10. The van der Waals surface area contributed by atoms with Crippen LogP contribution in [0.3, 0.4) is 0 Å². The highest BCUT2D eigenvalue weighted by Crippen LogP contribution is 2.24. The molecule has 3 heterocycles. The molecule has 0 N–H and O–H groups in total. The summed E-state index contributed by atoms with van der Waals surface area (Å²) in [5.74, 6) is 0.274. The van der Waals surface area contributed by atoms with Crippen molar-refractivity contribution in [2.45, 2.75) is 25.9 Å². The lowest BCUT2D eigenvalue weighted by atomic mass is 10.00. The molecule has 0 aliphatic carbocycles. The number of nitrogens with zero attached hydrogens (tertiary/aromatic N) is 2. The van der Waals surface area contributed by atoms with Crippen LogP contribution in [0.5, 0.6) is 0 Å². The fourth-order valence-electron chi connectivity index (χ4n) is 3.44. The molecular formula is C18H20N2OS. The molecule has 2 aliphatic heterocycles. The van der Waals surface area contributed by atoms with Crippen LogP contribution in [-0.4, -0.2) is 35.3 Å². The van der Waals surface area contributed by atoms with Crippen molar-refractivity contribution in [3.63, 3.8) is 0 Å². The first-order valence-electron chi connectivity index (χ1n) is 7.92. The average molecular weight is 312 g/mol. The first-order chi connectivity index (χ1) is 10.8. The molecule has 0 saturated carbocycles. The summed E-state index contributed by atoms with van der Waals surface area (Å²) < 4.78 is 0. The highest BCUT2D eigenvalue weighted by Gasteiger charge is 2.24. The average Bonchev–Trinajstić information content (AvgIpc) is 3.02. The molecule has 4 rings (SSSR count). The summed E-state index contributed by atoms with van der Waals surface area (Å²) in [6.45, 7) is 4.10. The van der Waals surface area contributed by atoms with E-state index in [9.17, 15) is 4.79 Å². The third kappa shape index (κ3) is 2.69. The second kappa shape index (κ2) is 5.86. The van der Waals surface area contributed by atoms with Crippen molar-refractivity contribution >= 4 is 17.2 Å². The van der Waals surface area contributed by atoms with Gasteiger partial charge in [-0.25, -0.2) is 0 Å². The smallest absolute Gasteiger partial charge is 0.237 e. The predicted octanol–water partition coefficient (Wildman–Crippen LogP) is 2.69. The van der Waals surface area contributed by atoms with Crippen molar-refractivity contribution in [2.24, 2.45) is 0 Å². The minimum Gasteiger partial charge on any atom is -0.337 e. The Morgan fingerprint density at radius 2 is 1.86 bits per heavy atom. The van der Waals surface area contributed by atoms with Gasteiger partial charge in [-0.05, 0) is 41.0 Å². The standard InChI is InChI=1S/C18H20N2OS/c21-18(20-9-6-17-16(12-20)7-10-22-17)13-19-8-5-14-3-1-2-4-15(14)11-19/h1-4,7,10H,5-6,8-9,11-13H2. The Morgan fingerprint density at radius 1 is 1.00 bits per heavy atom. The van der Waals surface area contributed by atoms with Gasteiger partial charge in [0.25, 0.3) is 0 Å². The first-order valence-corrected chi connectivity index (χ1v) is 8.80. The second-order valence-electron chi connectivity index (χ2n) is 6.16. The van der Waals surface area contributed by atoms with Gasteiger partial charge in [0.1, 0.15) is 0 Å². The van der Waals surface area contributed by atoms with Crippen LogP contribution < -0.4 is 0 Å². The van der Waals surface area contributed by atoms with Crippen molar-refractivity contribution in [2.75, 3.05) is 19.6 Å². The fraction of sp³-hybridized carbons (Fsp3) is 0.389. The second-order valence-corrected chi connectivity index (χ2v) is 7.16. The Morgan fingerprint density at radius 3 is 2.77 bits per heavy atom. The molecule has 22 heavy (non-hydrogen) atoms. The SMILES string of the molecule is O=C(CN1CCc2ccccc2C1)N1CCc2sccc2C1. The van der Waals surface area contributed by atoms with Gasteiger partial charge in [-0.2, -0.15) is 0 Å². The predicted molar refractivity (Wildman–Crippen MR) is 88.9 cm³/mol. The molecule has 114 valence electrons. The van der Waals surface area contributed by atoms with Gasteiger partial charge in [0.05, 0.1) is 6.54 Å². The van der Waals surface area contributed by atoms with Gasteiger partial charge in [0.2, 0.25) is 5.91 Å². The lowest BCUT2D eigenvalue weighted by molar-refractivity contribution is -0.133. The molecular weight excluding hydrogens is 292 g/mol. The molecule has 1 aromatic carbocycles. The number of benzene rings is 1. The van der Waals surface area contributed by atoms with E-state index in [0.29, 0.717) is 6.54 Å². The van der Waals surface area contributed by atoms with Gasteiger partial charge in [0, 0.05) is 31.1 Å². The molecule has 0 atom stereocenters. The largest absolute Gasteiger partial charge is 0.337 e. The van der Waals surface area contributed by atoms with Crippen molar-refractivity contribution < 1.29 is 4.79 Å². The minimum absolute atomic E-state index is 0.274. The summed E-state index contributed by atoms with van der Waals surface area (Å²) in [4.78, 5) is 18.4. The molecule has 4 heteroatoms. The van der Waals surface area contributed by atoms with Gasteiger partial charge in [-0.3, -0.25) is 9.69 Å². The molecule has 0 bridgehead atoms. The van der Waals surface area contributed by atoms with Crippen LogP contribution in [0.1, 0.15) is 21.6 Å². The number of thiophene rings is 1. The van der Waals surface area contributed by atoms with E-state index in [0.717, 1.165) is 39.0 Å². The van der Waals surface area contributed by atoms with E-state index < -0.39 is 0 Å². The van der Waals surface area contributed by atoms with E-state index in [4.69, 9.17) is 0 Å². The lowest BCUT2D eigenvalue weighted by Crippen LogP contribution is -2.43. The van der Waals surface area contributed by atoms with Crippen LogP contribution in [-0.2, 0) is 30.7 Å². The zero-order valence-corrected chi connectivity index (χ0v) is 13.4. The van der Waals surface area contributed by atoms with E-state index in [2.05, 4.69) is 40.6 Å². The molecule has 1 amide bonds. The third-order valence-corrected chi connectivity index (χ3v) is 5.75. The molecule has 0 fully saturated rings. The Balaban J connectivity index is 1.39. The topological polar surface area (TPSA) is 23.6 Å². The van der Waals surface area contributed by atoms with E-state index in [1.165, 1.54) is 21.6 Å². The molecule has 2 aromatic rings. The monoisotopic (exact) mass is 312 g/mol. The van der Waals surface area contributed by atoms with E-state index in [1.54, 1.807) is 0 Å². The van der Waals surface area contributed by atoms with Crippen molar-refractivity contribution in [1.29, 1.82) is 0 Å². The molecule has 0 spiro atoms.